The van der Waals surface area contributed by atoms with Gasteiger partial charge in [0.1, 0.15) is 5.01 Å². The fraction of sp³-hybridized carbons (Fsp3) is 0.296. The van der Waals surface area contributed by atoms with Gasteiger partial charge in [-0.1, -0.05) is 58.2 Å². The van der Waals surface area contributed by atoms with Crippen molar-refractivity contribution >= 4 is 45.5 Å². The molecule has 0 radical (unpaired) electrons. The molecule has 9 heteroatoms. The quantitative estimate of drug-likeness (QED) is 0.272. The zero-order valence-corrected chi connectivity index (χ0v) is 24.2. The lowest BCUT2D eigenvalue weighted by molar-refractivity contribution is -0.137. The molecule has 36 heavy (non-hydrogen) atoms. The van der Waals surface area contributed by atoms with Crippen molar-refractivity contribution in [3.63, 3.8) is 0 Å². The van der Waals surface area contributed by atoms with Crippen LogP contribution >= 0.6 is 34.9 Å². The van der Waals surface area contributed by atoms with Gasteiger partial charge < -0.3 is 10.6 Å². The van der Waals surface area contributed by atoms with Crippen LogP contribution in [0.1, 0.15) is 45.2 Å². The van der Waals surface area contributed by atoms with E-state index >= 15 is 0 Å². The van der Waals surface area contributed by atoms with E-state index in [2.05, 4.69) is 22.2 Å². The molecule has 2 aromatic carbocycles. The first kappa shape index (κ1) is 31.7. The molecule has 3 aromatic rings. The Morgan fingerprint density at radius 3 is 2.06 bits per heavy atom. The molecule has 2 N–H and O–H groups in total. The van der Waals surface area contributed by atoms with Gasteiger partial charge in [0.05, 0.1) is 21.2 Å². The summed E-state index contributed by atoms with van der Waals surface area (Å²) in [6.45, 7) is 14.1. The SMILES string of the molecule is C=C(Nc1ccc(SC)cc1)S/C(=C(\C)NC)c1nc(-c2ccc(C(F)(F)F)cc2)cs1.CC.CC. The summed E-state index contributed by atoms with van der Waals surface area (Å²) in [5, 5.41) is 9.79. The van der Waals surface area contributed by atoms with Gasteiger partial charge in [0, 0.05) is 34.3 Å². The number of thiazole rings is 1. The first-order valence-corrected chi connectivity index (χ1v) is 14.4. The molecule has 3 nitrogen and oxygen atoms in total. The van der Waals surface area contributed by atoms with Crippen LogP contribution in [-0.4, -0.2) is 18.3 Å². The fourth-order valence-corrected chi connectivity index (χ4v) is 5.02. The number of rotatable bonds is 8. The highest BCUT2D eigenvalue weighted by atomic mass is 32.2. The monoisotopic (exact) mass is 553 g/mol. The van der Waals surface area contributed by atoms with E-state index in [-0.39, 0.29) is 0 Å². The molecule has 0 fully saturated rings. The molecule has 0 bridgehead atoms. The Kier molecular flexibility index (Phi) is 13.8. The van der Waals surface area contributed by atoms with Crippen molar-refractivity contribution in [1.29, 1.82) is 0 Å². The van der Waals surface area contributed by atoms with E-state index in [1.807, 2.05) is 77.6 Å². The van der Waals surface area contributed by atoms with Crippen molar-refractivity contribution in [3.05, 3.63) is 81.8 Å². The van der Waals surface area contributed by atoms with Crippen LogP contribution in [0.5, 0.6) is 0 Å². The molecule has 0 saturated carbocycles. The number of aromatic nitrogens is 1. The van der Waals surface area contributed by atoms with Gasteiger partial charge in [-0.2, -0.15) is 13.2 Å². The topological polar surface area (TPSA) is 37.0 Å². The minimum atomic E-state index is -4.36. The number of hydrogen-bond donors (Lipinski definition) is 2. The van der Waals surface area contributed by atoms with E-state index in [4.69, 9.17) is 0 Å². The molecule has 0 spiro atoms. The number of nitrogens with one attached hydrogen (secondary N) is 2. The second kappa shape index (κ2) is 15.7. The largest absolute Gasteiger partial charge is 0.416 e. The average molecular weight is 554 g/mol. The van der Waals surface area contributed by atoms with Gasteiger partial charge >= 0.3 is 6.18 Å². The predicted octanol–water partition coefficient (Wildman–Crippen LogP) is 9.83. The van der Waals surface area contributed by atoms with E-state index in [1.165, 1.54) is 40.1 Å². The number of allylic oxidation sites excluding steroid dienone is 1. The Balaban J connectivity index is 0.00000154. The number of thioether (sulfide) groups is 2. The zero-order chi connectivity index (χ0) is 27.3. The molecular weight excluding hydrogens is 520 g/mol. The van der Waals surface area contributed by atoms with Crippen LogP contribution in [0.25, 0.3) is 16.2 Å². The van der Waals surface area contributed by atoms with Gasteiger partial charge in [-0.25, -0.2) is 4.98 Å². The van der Waals surface area contributed by atoms with Crippen LogP contribution in [0, 0.1) is 0 Å². The number of alkyl halides is 3. The smallest absolute Gasteiger partial charge is 0.391 e. The van der Waals surface area contributed by atoms with Crippen molar-refractivity contribution in [3.8, 4) is 11.3 Å². The average Bonchev–Trinajstić information content (AvgIpc) is 3.39. The van der Waals surface area contributed by atoms with Gasteiger partial charge in [0.25, 0.3) is 0 Å². The highest BCUT2D eigenvalue weighted by molar-refractivity contribution is 8.12. The standard InChI is InChI=1S/C23H22F3N3S3.2C2H6/c1-14(27-3)21(32-15(2)28-18-9-11-19(30-4)12-10-18)22-29-20(13-31-22)16-5-7-17(8-6-16)23(24,25)26;2*1-2/h5-13,27-28H,2H2,1,3-4H3;2*1-2H3/b21-14+;;. The van der Waals surface area contributed by atoms with Crippen LogP contribution in [0.2, 0.25) is 0 Å². The number of nitrogens with zero attached hydrogens (tertiary/aromatic N) is 1. The number of halogens is 3. The molecule has 3 rings (SSSR count). The van der Waals surface area contributed by atoms with Crippen molar-refractivity contribution < 1.29 is 13.2 Å². The van der Waals surface area contributed by atoms with Crippen molar-refractivity contribution in [1.82, 2.24) is 10.3 Å². The first-order valence-electron chi connectivity index (χ1n) is 11.5. The summed E-state index contributed by atoms with van der Waals surface area (Å²) in [6.07, 6.45) is -2.33. The second-order valence-corrected chi connectivity index (χ2v) is 9.54. The summed E-state index contributed by atoms with van der Waals surface area (Å²) in [7, 11) is 1.83. The summed E-state index contributed by atoms with van der Waals surface area (Å²) in [5.41, 5.74) is 2.45. The number of hydrogen-bond acceptors (Lipinski definition) is 6. The maximum absolute atomic E-state index is 12.8. The summed E-state index contributed by atoms with van der Waals surface area (Å²) < 4.78 is 38.5. The van der Waals surface area contributed by atoms with E-state index in [1.54, 1.807) is 11.8 Å². The lowest BCUT2D eigenvalue weighted by Gasteiger charge is -2.13. The predicted molar refractivity (Wildman–Crippen MR) is 155 cm³/mol. The molecule has 0 aliphatic heterocycles. The van der Waals surface area contributed by atoms with Crippen molar-refractivity contribution in [2.24, 2.45) is 0 Å². The highest BCUT2D eigenvalue weighted by Gasteiger charge is 2.30. The maximum Gasteiger partial charge on any atom is 0.416 e. The van der Waals surface area contributed by atoms with E-state index in [0.29, 0.717) is 11.3 Å². The number of anilines is 1. The lowest BCUT2D eigenvalue weighted by atomic mass is 10.1. The summed E-state index contributed by atoms with van der Waals surface area (Å²) >= 11 is 4.57. The molecule has 1 aromatic heterocycles. The van der Waals surface area contributed by atoms with Gasteiger partial charge in [-0.3, -0.25) is 0 Å². The van der Waals surface area contributed by atoms with Crippen LogP contribution in [0.15, 0.2) is 76.1 Å². The third-order valence-corrected chi connectivity index (χ3v) is 7.31. The molecule has 1 heterocycles. The van der Waals surface area contributed by atoms with E-state index < -0.39 is 11.7 Å². The lowest BCUT2D eigenvalue weighted by Crippen LogP contribution is -2.05. The molecule has 0 aliphatic carbocycles. The van der Waals surface area contributed by atoms with Gasteiger partial charge in [0.2, 0.25) is 0 Å². The van der Waals surface area contributed by atoms with Crippen molar-refractivity contribution in [2.75, 3.05) is 18.6 Å². The van der Waals surface area contributed by atoms with Crippen LogP contribution in [0.3, 0.4) is 0 Å². The highest BCUT2D eigenvalue weighted by Crippen LogP contribution is 2.38. The normalized spacial score (nSPS) is 11.3. The third-order valence-electron chi connectivity index (χ3n) is 4.52. The molecule has 0 atom stereocenters. The number of benzene rings is 2. The van der Waals surface area contributed by atoms with Crippen LogP contribution in [0.4, 0.5) is 18.9 Å². The second-order valence-electron chi connectivity index (χ2n) is 6.70. The Hall–Kier alpha value is -2.36. The van der Waals surface area contributed by atoms with Crippen LogP contribution in [-0.2, 0) is 6.18 Å². The molecule has 0 amide bonds. The Morgan fingerprint density at radius 1 is 0.972 bits per heavy atom. The first-order chi connectivity index (χ1) is 17.2. The summed E-state index contributed by atoms with van der Waals surface area (Å²) in [5.74, 6) is 0. The van der Waals surface area contributed by atoms with E-state index in [0.717, 1.165) is 38.5 Å². The maximum atomic E-state index is 12.8. The fourth-order valence-electron chi connectivity index (χ4n) is 2.72. The molecular formula is C27H34F3N3S3. The molecule has 0 unspecified atom stereocenters. The molecule has 0 aliphatic rings. The summed E-state index contributed by atoms with van der Waals surface area (Å²) in [6, 6.07) is 13.1. The zero-order valence-electron chi connectivity index (χ0n) is 21.7. The van der Waals surface area contributed by atoms with E-state index in [9.17, 15) is 13.2 Å². The Labute approximate surface area is 225 Å². The van der Waals surface area contributed by atoms with Crippen LogP contribution < -0.4 is 10.6 Å². The molecule has 0 saturated heterocycles. The Bertz CT molecular complexity index is 1100. The van der Waals surface area contributed by atoms with Crippen molar-refractivity contribution in [2.45, 2.75) is 45.7 Å². The minimum absolute atomic E-state index is 0.631. The Morgan fingerprint density at radius 2 is 1.56 bits per heavy atom. The van der Waals surface area contributed by atoms with Gasteiger partial charge in [0.15, 0.2) is 0 Å². The molecule has 196 valence electrons. The minimum Gasteiger partial charge on any atom is -0.391 e. The third kappa shape index (κ3) is 9.26. The summed E-state index contributed by atoms with van der Waals surface area (Å²) in [4.78, 5) is 6.75. The van der Waals surface area contributed by atoms with Gasteiger partial charge in [-0.05, 0) is 49.6 Å². The van der Waals surface area contributed by atoms with Gasteiger partial charge in [-0.15, -0.1) is 23.1 Å².